The number of carbonyl (C=O) groups is 2. The van der Waals surface area contributed by atoms with Gasteiger partial charge >= 0.3 is 0 Å². The van der Waals surface area contributed by atoms with Gasteiger partial charge in [0.25, 0.3) is 0 Å². The highest BCUT2D eigenvalue weighted by atomic mass is 79.9. The number of benzene rings is 1. The number of hydrogen-bond acceptors (Lipinski definition) is 4. The minimum absolute atomic E-state index is 0.0525. The third kappa shape index (κ3) is 5.11. The first-order chi connectivity index (χ1) is 13.5. The summed E-state index contributed by atoms with van der Waals surface area (Å²) in [5.74, 6) is -1.38. The number of sulfone groups is 1. The topological polar surface area (TPSA) is 92.3 Å². The van der Waals surface area contributed by atoms with Crippen LogP contribution in [-0.4, -0.2) is 44.3 Å². The fourth-order valence-electron chi connectivity index (χ4n) is 4.10. The van der Waals surface area contributed by atoms with E-state index < -0.39 is 21.1 Å². The number of hydrogen-bond donors (Lipinski definition) is 2. The molecule has 29 heavy (non-hydrogen) atoms. The van der Waals surface area contributed by atoms with Crippen LogP contribution < -0.4 is 10.6 Å². The number of carbonyl (C=O) groups excluding carboxylic acids is 2. The molecule has 0 spiro atoms. The van der Waals surface area contributed by atoms with E-state index in [1.807, 2.05) is 0 Å². The Hall–Kier alpha value is -1.19. The molecule has 1 aliphatic heterocycles. The van der Waals surface area contributed by atoms with E-state index in [4.69, 9.17) is 11.6 Å². The van der Waals surface area contributed by atoms with Crippen LogP contribution in [0.25, 0.3) is 0 Å². The van der Waals surface area contributed by atoms with Gasteiger partial charge in [0.1, 0.15) is 5.82 Å². The second kappa shape index (κ2) is 8.51. The van der Waals surface area contributed by atoms with E-state index in [9.17, 15) is 22.4 Å². The van der Waals surface area contributed by atoms with E-state index in [0.717, 1.165) is 19.3 Å². The normalized spacial score (nSPS) is 24.6. The summed E-state index contributed by atoms with van der Waals surface area (Å²) < 4.78 is 37.4. The molecule has 2 unspecified atom stereocenters. The minimum atomic E-state index is -3.10. The van der Waals surface area contributed by atoms with Crippen molar-refractivity contribution in [3.63, 3.8) is 0 Å². The molecule has 2 fully saturated rings. The van der Waals surface area contributed by atoms with Crippen LogP contribution in [0.4, 0.5) is 4.39 Å². The van der Waals surface area contributed by atoms with Gasteiger partial charge in [-0.1, -0.05) is 24.1 Å². The Kier molecular flexibility index (Phi) is 6.60. The molecular weight excluding hydrogens is 487 g/mol. The third-order valence-electron chi connectivity index (χ3n) is 5.62. The Balaban J connectivity index is 1.52. The molecule has 3 rings (SSSR count). The van der Waals surface area contributed by atoms with Crippen molar-refractivity contribution >= 4 is 49.2 Å². The van der Waals surface area contributed by atoms with Gasteiger partial charge in [-0.3, -0.25) is 9.59 Å². The maximum Gasteiger partial charge on any atom is 0.228 e. The van der Waals surface area contributed by atoms with Crippen molar-refractivity contribution in [2.45, 2.75) is 38.6 Å². The summed E-state index contributed by atoms with van der Waals surface area (Å²) in [6, 6.07) is 3.00. The van der Waals surface area contributed by atoms with Gasteiger partial charge in [-0.05, 0) is 53.2 Å². The van der Waals surface area contributed by atoms with Crippen LogP contribution in [-0.2, 0) is 25.8 Å². The van der Waals surface area contributed by atoms with E-state index in [2.05, 4.69) is 26.6 Å². The summed E-state index contributed by atoms with van der Waals surface area (Å²) in [5.41, 5.74) is -0.646. The van der Waals surface area contributed by atoms with Crippen molar-refractivity contribution in [1.29, 1.82) is 0 Å². The Morgan fingerprint density at radius 3 is 2.66 bits per heavy atom. The predicted octanol–water partition coefficient (Wildman–Crippen LogP) is 2.62. The number of rotatable bonds is 6. The van der Waals surface area contributed by atoms with Crippen molar-refractivity contribution in [2.75, 3.05) is 18.1 Å². The van der Waals surface area contributed by atoms with Crippen molar-refractivity contribution < 1.29 is 22.4 Å². The van der Waals surface area contributed by atoms with E-state index in [0.29, 0.717) is 11.0 Å². The molecule has 1 aromatic rings. The molecule has 1 aromatic carbocycles. The van der Waals surface area contributed by atoms with Gasteiger partial charge < -0.3 is 10.6 Å². The summed E-state index contributed by atoms with van der Waals surface area (Å²) >= 11 is 9.01. The lowest BCUT2D eigenvalue weighted by Gasteiger charge is -2.36. The molecule has 0 aromatic heterocycles. The smallest absolute Gasteiger partial charge is 0.228 e. The van der Waals surface area contributed by atoms with Crippen molar-refractivity contribution in [2.24, 2.45) is 11.3 Å². The highest BCUT2D eigenvalue weighted by Gasteiger charge is 2.50. The zero-order valence-electron chi connectivity index (χ0n) is 15.9. The lowest BCUT2D eigenvalue weighted by atomic mass is 9.93. The molecule has 6 nitrogen and oxygen atoms in total. The first-order valence-corrected chi connectivity index (χ1v) is 12.4. The van der Waals surface area contributed by atoms with Gasteiger partial charge in [0.05, 0.1) is 28.4 Å². The quantitative estimate of drug-likeness (QED) is 0.577. The molecule has 1 aliphatic carbocycles. The van der Waals surface area contributed by atoms with Crippen molar-refractivity contribution in [1.82, 2.24) is 10.6 Å². The number of amides is 2. The Morgan fingerprint density at radius 2 is 2.00 bits per heavy atom. The standard InChI is InChI=1S/C19H23BrClFN2O4S/c1-19(9-29(27,28)10-19)18(26)23-8-12-3-2-4-14(12)24-15(25)7-11-5-6-13(20)16(21)17(11)22/h5-6,12,14H,2-4,7-10H2,1H3,(H,23,26)(H,24,25). The maximum atomic E-state index is 14.2. The summed E-state index contributed by atoms with van der Waals surface area (Å²) in [7, 11) is -3.10. The van der Waals surface area contributed by atoms with Crippen LogP contribution in [0.5, 0.6) is 0 Å². The molecule has 2 N–H and O–H groups in total. The third-order valence-corrected chi connectivity index (χ3v) is 9.03. The highest BCUT2D eigenvalue weighted by Crippen LogP contribution is 2.33. The molecule has 10 heteroatoms. The van der Waals surface area contributed by atoms with Gasteiger partial charge in [-0.25, -0.2) is 12.8 Å². The fourth-order valence-corrected chi connectivity index (χ4v) is 6.71. The molecule has 160 valence electrons. The summed E-state index contributed by atoms with van der Waals surface area (Å²) in [4.78, 5) is 24.7. The fraction of sp³-hybridized carbons (Fsp3) is 0.579. The van der Waals surface area contributed by atoms with E-state index >= 15 is 0 Å². The van der Waals surface area contributed by atoms with Gasteiger partial charge in [0.15, 0.2) is 9.84 Å². The van der Waals surface area contributed by atoms with Gasteiger partial charge in [0.2, 0.25) is 11.8 Å². The molecule has 0 radical (unpaired) electrons. The van der Waals surface area contributed by atoms with Crippen LogP contribution in [0.2, 0.25) is 5.02 Å². The molecule has 1 heterocycles. The van der Waals surface area contributed by atoms with Gasteiger partial charge in [-0.2, -0.15) is 0 Å². The van der Waals surface area contributed by atoms with Crippen LogP contribution in [0, 0.1) is 17.2 Å². The van der Waals surface area contributed by atoms with Gasteiger partial charge in [0, 0.05) is 17.1 Å². The molecule has 1 saturated heterocycles. The molecule has 2 atom stereocenters. The lowest BCUT2D eigenvalue weighted by molar-refractivity contribution is -0.129. The van der Waals surface area contributed by atoms with Crippen LogP contribution in [0.3, 0.4) is 0 Å². The predicted molar refractivity (Wildman–Crippen MR) is 112 cm³/mol. The summed E-state index contributed by atoms with van der Waals surface area (Å²) in [6.45, 7) is 2.02. The second-order valence-corrected chi connectivity index (χ2v) is 11.5. The largest absolute Gasteiger partial charge is 0.355 e. The van der Waals surface area contributed by atoms with Gasteiger partial charge in [-0.15, -0.1) is 0 Å². The SMILES string of the molecule is CC1(C(=O)NCC2CCCC2NC(=O)Cc2ccc(Br)c(Cl)c2F)CS(=O)(=O)C1. The van der Waals surface area contributed by atoms with E-state index in [-0.39, 0.29) is 52.3 Å². The number of halogens is 3. The zero-order chi connectivity index (χ0) is 21.4. The first-order valence-electron chi connectivity index (χ1n) is 9.41. The minimum Gasteiger partial charge on any atom is -0.355 e. The molecule has 1 saturated carbocycles. The average Bonchev–Trinajstić information content (AvgIpc) is 3.05. The van der Waals surface area contributed by atoms with Crippen molar-refractivity contribution in [3.05, 3.63) is 33.0 Å². The second-order valence-electron chi connectivity index (χ2n) is 8.18. The maximum absolute atomic E-state index is 14.2. The number of nitrogens with one attached hydrogen (secondary N) is 2. The monoisotopic (exact) mass is 508 g/mol. The van der Waals surface area contributed by atoms with Crippen LogP contribution in [0.15, 0.2) is 16.6 Å². The molecule has 2 amide bonds. The lowest BCUT2D eigenvalue weighted by Crippen LogP contribution is -2.56. The molecule has 2 aliphatic rings. The molecule has 0 bridgehead atoms. The van der Waals surface area contributed by atoms with E-state index in [1.165, 1.54) is 6.07 Å². The summed E-state index contributed by atoms with van der Waals surface area (Å²) in [5, 5.41) is 5.73. The van der Waals surface area contributed by atoms with Crippen LogP contribution in [0.1, 0.15) is 31.7 Å². The van der Waals surface area contributed by atoms with Crippen molar-refractivity contribution in [3.8, 4) is 0 Å². The first kappa shape index (κ1) is 22.5. The Bertz CT molecular complexity index is 928. The average molecular weight is 510 g/mol. The zero-order valence-corrected chi connectivity index (χ0v) is 19.1. The van der Waals surface area contributed by atoms with Crippen LogP contribution >= 0.6 is 27.5 Å². The van der Waals surface area contributed by atoms with E-state index in [1.54, 1.807) is 13.0 Å². The Morgan fingerprint density at radius 1 is 1.31 bits per heavy atom. The Labute approximate surface area is 183 Å². The summed E-state index contributed by atoms with van der Waals surface area (Å²) in [6.07, 6.45) is 2.42. The molecular formula is C19H23BrClFN2O4S. The highest BCUT2D eigenvalue weighted by molar-refractivity contribution is 9.10.